The fourth-order valence-corrected chi connectivity index (χ4v) is 1.91. The van der Waals surface area contributed by atoms with Crippen LogP contribution in [-0.2, 0) is 19.1 Å². The molecule has 0 heterocycles. The van der Waals surface area contributed by atoms with Crippen molar-refractivity contribution in [2.45, 2.75) is 32.2 Å². The summed E-state index contributed by atoms with van der Waals surface area (Å²) in [5, 5.41) is 0. The standard InChI is InChI=1S/C11H18INO4S/c1-9(8-11(16)17-6-7-18-12)13(2)10(15)4-3-5-14/h5,9H,3-4,6-8H2,1-2H3. The summed E-state index contributed by atoms with van der Waals surface area (Å²) >= 11 is 2.14. The zero-order valence-electron chi connectivity index (χ0n) is 10.6. The highest BCUT2D eigenvalue weighted by Gasteiger charge is 2.18. The van der Waals surface area contributed by atoms with Crippen LogP contribution in [0.2, 0.25) is 0 Å². The summed E-state index contributed by atoms with van der Waals surface area (Å²) in [5.74, 6) is 0.322. The fourth-order valence-electron chi connectivity index (χ4n) is 1.23. The van der Waals surface area contributed by atoms with Gasteiger partial charge in [-0.25, -0.2) is 0 Å². The molecule has 104 valence electrons. The molecule has 0 aliphatic rings. The van der Waals surface area contributed by atoms with Gasteiger partial charge in [0.15, 0.2) is 0 Å². The molecule has 0 radical (unpaired) electrons. The van der Waals surface area contributed by atoms with Crippen molar-refractivity contribution in [3.8, 4) is 0 Å². The molecule has 0 fully saturated rings. The van der Waals surface area contributed by atoms with E-state index in [0.29, 0.717) is 12.9 Å². The van der Waals surface area contributed by atoms with Crippen LogP contribution < -0.4 is 0 Å². The highest BCUT2D eigenvalue weighted by molar-refractivity contribution is 14.2. The lowest BCUT2D eigenvalue weighted by Gasteiger charge is -2.24. The van der Waals surface area contributed by atoms with Gasteiger partial charge in [-0.2, -0.15) is 0 Å². The third-order valence-corrected chi connectivity index (χ3v) is 4.06. The second-order valence-electron chi connectivity index (χ2n) is 3.80. The average Bonchev–Trinajstić information content (AvgIpc) is 2.35. The molecule has 1 atom stereocenters. The van der Waals surface area contributed by atoms with E-state index in [0.717, 1.165) is 5.75 Å². The number of hydrogen-bond acceptors (Lipinski definition) is 5. The van der Waals surface area contributed by atoms with Gasteiger partial charge in [-0.1, -0.05) is 8.93 Å². The van der Waals surface area contributed by atoms with Gasteiger partial charge >= 0.3 is 5.97 Å². The number of aldehydes is 1. The van der Waals surface area contributed by atoms with Gasteiger partial charge in [0.25, 0.3) is 0 Å². The molecular formula is C11H18INO4S. The van der Waals surface area contributed by atoms with Crippen LogP contribution in [0.25, 0.3) is 0 Å². The van der Waals surface area contributed by atoms with E-state index in [-0.39, 0.29) is 37.2 Å². The molecule has 0 N–H and O–H groups in total. The van der Waals surface area contributed by atoms with E-state index in [1.165, 1.54) is 4.90 Å². The van der Waals surface area contributed by atoms with Crippen molar-refractivity contribution in [2.75, 3.05) is 19.4 Å². The van der Waals surface area contributed by atoms with E-state index >= 15 is 0 Å². The summed E-state index contributed by atoms with van der Waals surface area (Å²) in [7, 11) is 3.21. The minimum Gasteiger partial charge on any atom is -0.465 e. The number of carbonyl (C=O) groups excluding carboxylic acids is 3. The number of nitrogens with zero attached hydrogens (tertiary/aromatic N) is 1. The quantitative estimate of drug-likeness (QED) is 0.262. The Hall–Kier alpha value is -0.310. The first-order valence-electron chi connectivity index (χ1n) is 5.61. The summed E-state index contributed by atoms with van der Waals surface area (Å²) in [4.78, 5) is 34.7. The molecule has 18 heavy (non-hydrogen) atoms. The summed E-state index contributed by atoms with van der Waals surface area (Å²) in [5.41, 5.74) is 0. The smallest absolute Gasteiger partial charge is 0.307 e. The first-order valence-corrected chi connectivity index (χ1v) is 9.14. The van der Waals surface area contributed by atoms with Crippen molar-refractivity contribution in [3.63, 3.8) is 0 Å². The monoisotopic (exact) mass is 387 g/mol. The lowest BCUT2D eigenvalue weighted by atomic mass is 10.2. The molecule has 0 saturated heterocycles. The van der Waals surface area contributed by atoms with Crippen LogP contribution in [0.3, 0.4) is 0 Å². The van der Waals surface area contributed by atoms with Crippen LogP contribution in [0, 0.1) is 0 Å². The zero-order chi connectivity index (χ0) is 14.0. The zero-order valence-corrected chi connectivity index (χ0v) is 13.5. The minimum absolute atomic E-state index is 0.134. The third kappa shape index (κ3) is 7.91. The van der Waals surface area contributed by atoms with Crippen LogP contribution in [0.4, 0.5) is 0 Å². The Morgan fingerprint density at radius 1 is 1.50 bits per heavy atom. The molecule has 0 saturated carbocycles. The highest BCUT2D eigenvalue weighted by Crippen LogP contribution is 2.10. The Labute approximate surface area is 124 Å². The van der Waals surface area contributed by atoms with Gasteiger partial charge in [0.1, 0.15) is 12.9 Å². The van der Waals surface area contributed by atoms with Gasteiger partial charge in [0, 0.05) is 31.7 Å². The second kappa shape index (κ2) is 10.6. The molecule has 0 aromatic heterocycles. The van der Waals surface area contributed by atoms with Crippen LogP contribution in [0.15, 0.2) is 0 Å². The molecule has 0 aromatic carbocycles. The molecule has 1 amide bonds. The van der Waals surface area contributed by atoms with Gasteiger partial charge in [0.2, 0.25) is 5.91 Å². The second-order valence-corrected chi connectivity index (χ2v) is 6.29. The summed E-state index contributed by atoms with van der Waals surface area (Å²) in [6, 6.07) is -0.219. The molecular weight excluding hydrogens is 369 g/mol. The Bertz CT molecular complexity index is 288. The van der Waals surface area contributed by atoms with Crippen LogP contribution >= 0.6 is 30.1 Å². The number of esters is 1. The molecule has 0 rings (SSSR count). The largest absolute Gasteiger partial charge is 0.465 e. The number of hydrogen-bond donors (Lipinski definition) is 0. The lowest BCUT2D eigenvalue weighted by Crippen LogP contribution is -2.36. The topological polar surface area (TPSA) is 63.7 Å². The third-order valence-electron chi connectivity index (χ3n) is 2.42. The van der Waals surface area contributed by atoms with Crippen molar-refractivity contribution in [1.29, 1.82) is 0 Å². The Balaban J connectivity index is 3.98. The van der Waals surface area contributed by atoms with E-state index in [1.54, 1.807) is 22.9 Å². The predicted molar refractivity (Wildman–Crippen MR) is 79.6 cm³/mol. The molecule has 0 aliphatic carbocycles. The Morgan fingerprint density at radius 2 is 2.17 bits per heavy atom. The molecule has 7 heteroatoms. The van der Waals surface area contributed by atoms with Gasteiger partial charge in [0.05, 0.1) is 6.42 Å². The summed E-state index contributed by atoms with van der Waals surface area (Å²) in [6.07, 6.45) is 1.29. The molecule has 0 aliphatic heterocycles. The van der Waals surface area contributed by atoms with Crippen molar-refractivity contribution in [3.05, 3.63) is 0 Å². The predicted octanol–water partition coefficient (Wildman–Crippen LogP) is 1.83. The van der Waals surface area contributed by atoms with Crippen molar-refractivity contribution < 1.29 is 19.1 Å². The number of ether oxygens (including phenoxy) is 1. The average molecular weight is 387 g/mol. The number of amides is 1. The number of carbonyl (C=O) groups is 3. The number of halogens is 1. The van der Waals surface area contributed by atoms with Crippen LogP contribution in [0.1, 0.15) is 26.2 Å². The van der Waals surface area contributed by atoms with Crippen molar-refractivity contribution >= 4 is 48.3 Å². The van der Waals surface area contributed by atoms with Crippen molar-refractivity contribution in [1.82, 2.24) is 4.90 Å². The van der Waals surface area contributed by atoms with E-state index in [4.69, 9.17) is 4.74 Å². The van der Waals surface area contributed by atoms with Gasteiger partial charge in [-0.05, 0) is 28.1 Å². The fraction of sp³-hybridized carbons (Fsp3) is 0.727. The SMILES string of the molecule is CC(CC(=O)OCCSI)N(C)C(=O)CCC=O. The van der Waals surface area contributed by atoms with E-state index in [1.807, 2.05) is 0 Å². The minimum atomic E-state index is -0.303. The highest BCUT2D eigenvalue weighted by atomic mass is 127. The van der Waals surface area contributed by atoms with Crippen LogP contribution in [-0.4, -0.2) is 48.5 Å². The van der Waals surface area contributed by atoms with Gasteiger partial charge in [-0.3, -0.25) is 9.59 Å². The summed E-state index contributed by atoms with van der Waals surface area (Å²) < 4.78 is 5.01. The van der Waals surface area contributed by atoms with E-state index in [2.05, 4.69) is 21.2 Å². The summed E-state index contributed by atoms with van der Waals surface area (Å²) in [6.45, 7) is 2.18. The molecule has 0 spiro atoms. The molecule has 5 nitrogen and oxygen atoms in total. The molecule has 0 bridgehead atoms. The first-order chi connectivity index (χ1) is 8.52. The Kier molecular flexibility index (Phi) is 10.4. The maximum absolute atomic E-state index is 11.6. The molecule has 0 aromatic rings. The van der Waals surface area contributed by atoms with E-state index in [9.17, 15) is 14.4 Å². The molecule has 1 unspecified atom stereocenters. The van der Waals surface area contributed by atoms with Crippen LogP contribution in [0.5, 0.6) is 0 Å². The van der Waals surface area contributed by atoms with Gasteiger partial charge < -0.3 is 14.4 Å². The van der Waals surface area contributed by atoms with Gasteiger partial charge in [-0.15, -0.1) is 0 Å². The first kappa shape index (κ1) is 17.7. The lowest BCUT2D eigenvalue weighted by molar-refractivity contribution is -0.145. The van der Waals surface area contributed by atoms with E-state index < -0.39 is 0 Å². The maximum Gasteiger partial charge on any atom is 0.307 e. The van der Waals surface area contributed by atoms with Crippen molar-refractivity contribution in [2.24, 2.45) is 0 Å². The number of rotatable bonds is 9. The normalized spacial score (nSPS) is 11.7. The Morgan fingerprint density at radius 3 is 2.72 bits per heavy atom. The maximum atomic E-state index is 11.6.